The maximum Gasteiger partial charge on any atom is 0.321 e. The lowest BCUT2D eigenvalue weighted by molar-refractivity contribution is -0.385. The highest BCUT2D eigenvalue weighted by Crippen LogP contribution is 2.25. The number of nitrogens with one attached hydrogen (secondary N) is 1. The third-order valence-electron chi connectivity index (χ3n) is 2.97. The van der Waals surface area contributed by atoms with Crippen molar-refractivity contribution in [3.05, 3.63) is 33.6 Å². The van der Waals surface area contributed by atoms with Gasteiger partial charge in [-0.05, 0) is 19.4 Å². The zero-order valence-corrected chi connectivity index (χ0v) is 12.7. The molecule has 0 aliphatic carbocycles. The van der Waals surface area contributed by atoms with E-state index >= 15 is 0 Å². The Hall–Kier alpha value is -2.07. The molecule has 22 heavy (non-hydrogen) atoms. The molecule has 0 amide bonds. The summed E-state index contributed by atoms with van der Waals surface area (Å²) in [7, 11) is -4.40. The number of halogens is 1. The molecule has 0 aromatic heterocycles. The summed E-state index contributed by atoms with van der Waals surface area (Å²) in [5.41, 5.74) is -0.991. The van der Waals surface area contributed by atoms with Crippen molar-refractivity contribution >= 4 is 21.7 Å². The SMILES string of the molecule is CCCC(NS(=O)(=O)c1cc(F)c(C)c([N+](=O)[O-])c1)C(=O)O. The van der Waals surface area contributed by atoms with Gasteiger partial charge >= 0.3 is 5.97 Å². The van der Waals surface area contributed by atoms with Crippen molar-refractivity contribution in [3.63, 3.8) is 0 Å². The third-order valence-corrected chi connectivity index (χ3v) is 4.42. The fourth-order valence-electron chi connectivity index (χ4n) is 1.76. The maximum atomic E-state index is 13.7. The van der Waals surface area contributed by atoms with Gasteiger partial charge in [0.15, 0.2) is 0 Å². The number of rotatable bonds is 7. The summed E-state index contributed by atoms with van der Waals surface area (Å²) >= 11 is 0. The normalized spacial score (nSPS) is 12.9. The van der Waals surface area contributed by atoms with Gasteiger partial charge in [0.25, 0.3) is 5.69 Å². The van der Waals surface area contributed by atoms with Gasteiger partial charge in [0.05, 0.1) is 15.4 Å². The number of carboxylic acids is 1. The van der Waals surface area contributed by atoms with Gasteiger partial charge < -0.3 is 5.11 Å². The molecule has 2 N–H and O–H groups in total. The molecule has 1 aromatic carbocycles. The minimum atomic E-state index is -4.40. The fourth-order valence-corrected chi connectivity index (χ4v) is 3.02. The molecule has 0 spiro atoms. The predicted octanol–water partition coefficient (Wildman–Crippen LogP) is 1.57. The molecule has 0 aliphatic rings. The highest BCUT2D eigenvalue weighted by molar-refractivity contribution is 7.89. The average Bonchev–Trinajstić information content (AvgIpc) is 2.40. The Morgan fingerprint density at radius 1 is 1.50 bits per heavy atom. The summed E-state index contributed by atoms with van der Waals surface area (Å²) < 4.78 is 39.8. The number of hydrogen-bond donors (Lipinski definition) is 2. The highest BCUT2D eigenvalue weighted by Gasteiger charge is 2.28. The number of nitro groups is 1. The second kappa shape index (κ2) is 6.79. The molecule has 1 unspecified atom stereocenters. The van der Waals surface area contributed by atoms with E-state index in [9.17, 15) is 27.7 Å². The first-order valence-electron chi connectivity index (χ1n) is 6.29. The van der Waals surface area contributed by atoms with E-state index in [0.717, 1.165) is 6.92 Å². The largest absolute Gasteiger partial charge is 0.480 e. The van der Waals surface area contributed by atoms with E-state index in [2.05, 4.69) is 0 Å². The van der Waals surface area contributed by atoms with Crippen molar-refractivity contribution in [2.45, 2.75) is 37.6 Å². The van der Waals surface area contributed by atoms with Gasteiger partial charge in [-0.15, -0.1) is 0 Å². The van der Waals surface area contributed by atoms with Crippen LogP contribution in [0.4, 0.5) is 10.1 Å². The van der Waals surface area contributed by atoms with Crippen molar-refractivity contribution in [1.82, 2.24) is 4.72 Å². The second-order valence-electron chi connectivity index (χ2n) is 4.61. The quantitative estimate of drug-likeness (QED) is 0.575. The zero-order chi connectivity index (χ0) is 17.1. The standard InChI is InChI=1S/C12H15FN2O6S/c1-3-4-10(12(16)17)14-22(20,21)8-5-9(13)7(2)11(6-8)15(18)19/h5-6,10,14H,3-4H2,1-2H3,(H,16,17). The first-order valence-corrected chi connectivity index (χ1v) is 7.78. The monoisotopic (exact) mass is 334 g/mol. The molecule has 1 atom stereocenters. The Morgan fingerprint density at radius 3 is 2.55 bits per heavy atom. The Bertz CT molecular complexity index is 704. The molecule has 0 heterocycles. The molecule has 8 nitrogen and oxygen atoms in total. The molecule has 0 aliphatic heterocycles. The maximum absolute atomic E-state index is 13.7. The van der Waals surface area contributed by atoms with Crippen LogP contribution in [0.25, 0.3) is 0 Å². The van der Waals surface area contributed by atoms with E-state index in [1.54, 1.807) is 6.92 Å². The van der Waals surface area contributed by atoms with E-state index in [4.69, 9.17) is 5.11 Å². The molecule has 122 valence electrons. The lowest BCUT2D eigenvalue weighted by Crippen LogP contribution is -2.40. The van der Waals surface area contributed by atoms with Gasteiger partial charge in [-0.1, -0.05) is 13.3 Å². The van der Waals surface area contributed by atoms with E-state index in [1.165, 1.54) is 0 Å². The second-order valence-corrected chi connectivity index (χ2v) is 6.32. The van der Waals surface area contributed by atoms with Crippen LogP contribution >= 0.6 is 0 Å². The van der Waals surface area contributed by atoms with Gasteiger partial charge in [0, 0.05) is 6.07 Å². The van der Waals surface area contributed by atoms with Crippen molar-refractivity contribution < 1.29 is 27.6 Å². The molecule has 10 heteroatoms. The topological polar surface area (TPSA) is 127 Å². The number of sulfonamides is 1. The number of nitro benzene ring substituents is 1. The molecular formula is C12H15FN2O6S. The summed E-state index contributed by atoms with van der Waals surface area (Å²) in [4.78, 5) is 20.2. The van der Waals surface area contributed by atoms with E-state index < -0.39 is 43.4 Å². The molecule has 0 bridgehead atoms. The van der Waals surface area contributed by atoms with Crippen LogP contribution in [-0.2, 0) is 14.8 Å². The number of aliphatic carboxylic acids is 1. The molecular weight excluding hydrogens is 319 g/mol. The molecule has 0 saturated heterocycles. The highest BCUT2D eigenvalue weighted by atomic mass is 32.2. The van der Waals surface area contributed by atoms with Crippen LogP contribution in [0.5, 0.6) is 0 Å². The number of nitrogens with zero attached hydrogens (tertiary/aromatic N) is 1. The van der Waals surface area contributed by atoms with Crippen molar-refractivity contribution in [2.24, 2.45) is 0 Å². The van der Waals surface area contributed by atoms with E-state index in [-0.39, 0.29) is 12.0 Å². The van der Waals surface area contributed by atoms with Gasteiger partial charge in [-0.3, -0.25) is 14.9 Å². The van der Waals surface area contributed by atoms with Crippen LogP contribution in [0.2, 0.25) is 0 Å². The van der Waals surface area contributed by atoms with Crippen molar-refractivity contribution in [1.29, 1.82) is 0 Å². The minimum absolute atomic E-state index is 0.0327. The van der Waals surface area contributed by atoms with Crippen molar-refractivity contribution in [2.75, 3.05) is 0 Å². The van der Waals surface area contributed by atoms with Crippen LogP contribution in [0.3, 0.4) is 0 Å². The summed E-state index contributed by atoms with van der Waals surface area (Å²) in [6.07, 6.45) is 0.437. The third kappa shape index (κ3) is 3.98. The van der Waals surface area contributed by atoms with Crippen LogP contribution in [-0.4, -0.2) is 30.5 Å². The predicted molar refractivity (Wildman–Crippen MR) is 74.4 cm³/mol. The number of carbonyl (C=O) groups is 1. The minimum Gasteiger partial charge on any atom is -0.480 e. The zero-order valence-electron chi connectivity index (χ0n) is 11.9. The van der Waals surface area contributed by atoms with Gasteiger partial charge in [-0.2, -0.15) is 4.72 Å². The summed E-state index contributed by atoms with van der Waals surface area (Å²) in [5.74, 6) is -2.44. The Labute approximate surface area is 126 Å². The number of benzene rings is 1. The first-order chi connectivity index (χ1) is 10.1. The smallest absolute Gasteiger partial charge is 0.321 e. The Balaban J connectivity index is 3.28. The summed E-state index contributed by atoms with van der Waals surface area (Å²) in [6.45, 7) is 2.81. The van der Waals surface area contributed by atoms with Crippen LogP contribution in [0, 0.1) is 22.9 Å². The molecule has 0 radical (unpaired) electrons. The van der Waals surface area contributed by atoms with Gasteiger partial charge in [0.2, 0.25) is 10.0 Å². The number of hydrogen-bond acceptors (Lipinski definition) is 5. The lowest BCUT2D eigenvalue weighted by atomic mass is 10.2. The summed E-state index contributed by atoms with van der Waals surface area (Å²) in [5, 5.41) is 19.8. The molecule has 1 aromatic rings. The van der Waals surface area contributed by atoms with Crippen molar-refractivity contribution in [3.8, 4) is 0 Å². The van der Waals surface area contributed by atoms with E-state index in [1.807, 2.05) is 4.72 Å². The van der Waals surface area contributed by atoms with Crippen LogP contribution < -0.4 is 4.72 Å². The fraction of sp³-hybridized carbons (Fsp3) is 0.417. The molecule has 0 saturated carbocycles. The average molecular weight is 334 g/mol. The molecule has 1 rings (SSSR count). The van der Waals surface area contributed by atoms with Crippen LogP contribution in [0.15, 0.2) is 17.0 Å². The van der Waals surface area contributed by atoms with Gasteiger partial charge in [0.1, 0.15) is 11.9 Å². The van der Waals surface area contributed by atoms with Crippen LogP contribution in [0.1, 0.15) is 25.3 Å². The number of carboxylic acid groups (broad SMARTS) is 1. The lowest BCUT2D eigenvalue weighted by Gasteiger charge is -2.14. The van der Waals surface area contributed by atoms with E-state index in [0.29, 0.717) is 18.6 Å². The first kappa shape index (κ1) is 18.0. The Kier molecular flexibility index (Phi) is 5.55. The Morgan fingerprint density at radius 2 is 2.09 bits per heavy atom. The summed E-state index contributed by atoms with van der Waals surface area (Å²) in [6, 6.07) is -0.0698. The van der Waals surface area contributed by atoms with Gasteiger partial charge in [-0.25, -0.2) is 12.8 Å². The molecule has 0 fully saturated rings.